The zero-order valence-electron chi connectivity index (χ0n) is 13.6. The van der Waals surface area contributed by atoms with E-state index in [4.69, 9.17) is 0 Å². The molecule has 0 saturated carbocycles. The zero-order valence-corrected chi connectivity index (χ0v) is 13.6. The van der Waals surface area contributed by atoms with E-state index >= 15 is 0 Å². The minimum atomic E-state index is -0.241. The van der Waals surface area contributed by atoms with Gasteiger partial charge in [-0.25, -0.2) is 8.78 Å². The van der Waals surface area contributed by atoms with Crippen LogP contribution in [0.25, 0.3) is 0 Å². The lowest BCUT2D eigenvalue weighted by molar-refractivity contribution is 0.626. The maximum atomic E-state index is 13.3. The van der Waals surface area contributed by atoms with Crippen LogP contribution in [0.2, 0.25) is 0 Å². The highest BCUT2D eigenvalue weighted by Crippen LogP contribution is 2.37. The van der Waals surface area contributed by atoms with Gasteiger partial charge in [-0.15, -0.1) is 0 Å². The van der Waals surface area contributed by atoms with Crippen LogP contribution in [0.4, 0.5) is 20.2 Å². The quantitative estimate of drug-likeness (QED) is 0.665. The Hall–Kier alpha value is -2.88. The van der Waals surface area contributed by atoms with Crippen LogP contribution in [0.5, 0.6) is 0 Å². The van der Waals surface area contributed by atoms with Crippen molar-refractivity contribution in [1.29, 1.82) is 0 Å². The van der Waals surface area contributed by atoms with Crippen LogP contribution in [0.3, 0.4) is 0 Å². The number of anilines is 2. The molecule has 1 heterocycles. The normalized spacial score (nSPS) is 15.0. The predicted molar refractivity (Wildman–Crippen MR) is 96.7 cm³/mol. The van der Waals surface area contributed by atoms with E-state index in [1.807, 2.05) is 18.2 Å². The van der Waals surface area contributed by atoms with Crippen molar-refractivity contribution in [3.8, 4) is 0 Å². The van der Waals surface area contributed by atoms with Crippen LogP contribution in [0.1, 0.15) is 11.7 Å². The topological polar surface area (TPSA) is 6.48 Å². The smallest absolute Gasteiger partial charge is 0.128 e. The third kappa shape index (κ3) is 3.07. The Balaban J connectivity index is 1.75. The minimum Gasteiger partial charge on any atom is -0.346 e. The third-order valence-corrected chi connectivity index (χ3v) is 4.59. The lowest BCUT2D eigenvalue weighted by atomic mass is 10.1. The van der Waals surface area contributed by atoms with Gasteiger partial charge in [-0.2, -0.15) is 0 Å². The van der Waals surface area contributed by atoms with Gasteiger partial charge in [0, 0.05) is 24.5 Å². The second kappa shape index (κ2) is 6.55. The summed E-state index contributed by atoms with van der Waals surface area (Å²) in [7, 11) is 0. The summed E-state index contributed by atoms with van der Waals surface area (Å²) in [6.07, 6.45) is -0.0166. The Kier molecular flexibility index (Phi) is 4.10. The summed E-state index contributed by atoms with van der Waals surface area (Å²) in [5, 5.41) is 0. The van der Waals surface area contributed by atoms with Gasteiger partial charge in [-0.3, -0.25) is 0 Å². The monoisotopic (exact) mass is 336 g/mol. The number of nitrogens with zero attached hydrogens (tertiary/aromatic N) is 2. The fourth-order valence-corrected chi connectivity index (χ4v) is 3.42. The predicted octanol–water partition coefficient (Wildman–Crippen LogP) is 4.99. The molecule has 1 aliphatic heterocycles. The van der Waals surface area contributed by atoms with Gasteiger partial charge >= 0.3 is 0 Å². The average molecular weight is 336 g/mol. The number of hydrogen-bond donors (Lipinski definition) is 0. The van der Waals surface area contributed by atoms with Crippen molar-refractivity contribution in [2.45, 2.75) is 6.17 Å². The summed E-state index contributed by atoms with van der Waals surface area (Å²) in [6.45, 7) is 1.62. The van der Waals surface area contributed by atoms with Gasteiger partial charge < -0.3 is 9.80 Å². The second-order valence-electron chi connectivity index (χ2n) is 6.12. The van der Waals surface area contributed by atoms with Gasteiger partial charge in [-0.1, -0.05) is 30.3 Å². The number of rotatable bonds is 3. The molecule has 126 valence electrons. The Labute approximate surface area is 145 Å². The van der Waals surface area contributed by atoms with E-state index in [1.165, 1.54) is 24.3 Å². The van der Waals surface area contributed by atoms with Crippen LogP contribution >= 0.6 is 0 Å². The van der Waals surface area contributed by atoms with Gasteiger partial charge in [-0.05, 0) is 54.1 Å². The lowest BCUT2D eigenvalue weighted by Crippen LogP contribution is -2.30. The molecule has 4 rings (SSSR count). The Bertz CT molecular complexity index is 779. The largest absolute Gasteiger partial charge is 0.346 e. The molecule has 0 aromatic heterocycles. The van der Waals surface area contributed by atoms with E-state index in [-0.39, 0.29) is 17.8 Å². The molecule has 4 heteroatoms. The van der Waals surface area contributed by atoms with E-state index in [0.717, 1.165) is 30.0 Å². The molecule has 1 saturated heterocycles. The first-order chi connectivity index (χ1) is 12.2. The Morgan fingerprint density at radius 3 is 1.48 bits per heavy atom. The molecule has 0 aliphatic carbocycles. The molecule has 0 spiro atoms. The van der Waals surface area contributed by atoms with Gasteiger partial charge in [0.2, 0.25) is 0 Å². The average Bonchev–Trinajstić information content (AvgIpc) is 3.09. The SMILES string of the molecule is Fc1ccc(N2CCN(c3ccc(F)cc3)C2c2ccccc2)cc1. The van der Waals surface area contributed by atoms with Crippen LogP contribution in [0.15, 0.2) is 78.9 Å². The first kappa shape index (κ1) is 15.6. The van der Waals surface area contributed by atoms with Gasteiger partial charge in [0.1, 0.15) is 17.8 Å². The Morgan fingerprint density at radius 1 is 0.600 bits per heavy atom. The van der Waals surface area contributed by atoms with E-state index in [2.05, 4.69) is 21.9 Å². The maximum absolute atomic E-state index is 13.3. The molecule has 1 aliphatic rings. The van der Waals surface area contributed by atoms with Crippen molar-refractivity contribution >= 4 is 11.4 Å². The molecular formula is C21H18F2N2. The van der Waals surface area contributed by atoms with Crippen LogP contribution in [0, 0.1) is 11.6 Å². The molecule has 3 aromatic rings. The van der Waals surface area contributed by atoms with Crippen LogP contribution < -0.4 is 9.80 Å². The molecule has 0 bridgehead atoms. The van der Waals surface area contributed by atoms with Crippen LogP contribution in [-0.4, -0.2) is 13.1 Å². The van der Waals surface area contributed by atoms with Crippen LogP contribution in [-0.2, 0) is 0 Å². The van der Waals surface area contributed by atoms with Crippen molar-refractivity contribution in [2.24, 2.45) is 0 Å². The van der Waals surface area contributed by atoms with E-state index in [1.54, 1.807) is 24.3 Å². The van der Waals surface area contributed by atoms with Crippen molar-refractivity contribution in [2.75, 3.05) is 22.9 Å². The van der Waals surface area contributed by atoms with Gasteiger partial charge in [0.25, 0.3) is 0 Å². The molecule has 0 atom stereocenters. The van der Waals surface area contributed by atoms with Crippen molar-refractivity contribution in [3.05, 3.63) is 96.1 Å². The molecule has 3 aromatic carbocycles. The number of benzene rings is 3. The molecule has 1 fully saturated rings. The number of halogens is 2. The Morgan fingerprint density at radius 2 is 1.04 bits per heavy atom. The van der Waals surface area contributed by atoms with Gasteiger partial charge in [0.15, 0.2) is 0 Å². The summed E-state index contributed by atoms with van der Waals surface area (Å²) < 4.78 is 26.6. The molecule has 0 N–H and O–H groups in total. The highest BCUT2D eigenvalue weighted by Gasteiger charge is 2.33. The molecule has 2 nitrogen and oxygen atoms in total. The molecule has 0 amide bonds. The molecular weight excluding hydrogens is 318 g/mol. The summed E-state index contributed by atoms with van der Waals surface area (Å²) in [5.74, 6) is -0.482. The maximum Gasteiger partial charge on any atom is 0.128 e. The molecule has 0 radical (unpaired) electrons. The van der Waals surface area contributed by atoms with Gasteiger partial charge in [0.05, 0.1) is 0 Å². The zero-order chi connectivity index (χ0) is 17.2. The second-order valence-corrected chi connectivity index (χ2v) is 6.12. The fourth-order valence-electron chi connectivity index (χ4n) is 3.42. The minimum absolute atomic E-state index is 0.0166. The van der Waals surface area contributed by atoms with E-state index < -0.39 is 0 Å². The van der Waals surface area contributed by atoms with Crippen molar-refractivity contribution in [1.82, 2.24) is 0 Å². The first-order valence-corrected chi connectivity index (χ1v) is 8.32. The summed E-state index contributed by atoms with van der Waals surface area (Å²) in [5.41, 5.74) is 3.09. The summed E-state index contributed by atoms with van der Waals surface area (Å²) in [4.78, 5) is 4.50. The lowest BCUT2D eigenvalue weighted by Gasteiger charge is -2.33. The standard InChI is InChI=1S/C21H18F2N2/c22-17-6-10-19(11-7-17)24-14-15-25(20-12-8-18(23)9-13-20)21(24)16-4-2-1-3-5-16/h1-13,21H,14-15H2. The fraction of sp³-hybridized carbons (Fsp3) is 0.143. The highest BCUT2D eigenvalue weighted by molar-refractivity contribution is 5.59. The number of hydrogen-bond acceptors (Lipinski definition) is 2. The molecule has 25 heavy (non-hydrogen) atoms. The van der Waals surface area contributed by atoms with Crippen molar-refractivity contribution < 1.29 is 8.78 Å². The highest BCUT2D eigenvalue weighted by atomic mass is 19.1. The first-order valence-electron chi connectivity index (χ1n) is 8.32. The summed E-state index contributed by atoms with van der Waals surface area (Å²) in [6, 6.07) is 23.3. The third-order valence-electron chi connectivity index (χ3n) is 4.59. The van der Waals surface area contributed by atoms with E-state index in [0.29, 0.717) is 0 Å². The van der Waals surface area contributed by atoms with Crippen molar-refractivity contribution in [3.63, 3.8) is 0 Å². The van der Waals surface area contributed by atoms with E-state index in [9.17, 15) is 8.78 Å². The summed E-state index contributed by atoms with van der Waals surface area (Å²) >= 11 is 0. The molecule has 0 unspecified atom stereocenters.